The smallest absolute Gasteiger partial charge is 0.220 e. The number of ether oxygens (including phenoxy) is 1. The Balaban J connectivity index is 2.42. The van der Waals surface area contributed by atoms with Crippen molar-refractivity contribution in [2.24, 2.45) is 5.41 Å². The van der Waals surface area contributed by atoms with Gasteiger partial charge in [-0.3, -0.25) is 4.79 Å². The molecule has 0 bridgehead atoms. The van der Waals surface area contributed by atoms with Crippen LogP contribution in [-0.2, 0) is 4.79 Å². The zero-order valence-electron chi connectivity index (χ0n) is 12.8. The molecule has 2 N–H and O–H groups in total. The Morgan fingerprint density at radius 1 is 1.40 bits per heavy atom. The minimum absolute atomic E-state index is 0.0260. The molecule has 1 atom stereocenters. The van der Waals surface area contributed by atoms with E-state index in [1.807, 2.05) is 18.2 Å². The predicted octanol–water partition coefficient (Wildman–Crippen LogP) is 2.67. The summed E-state index contributed by atoms with van der Waals surface area (Å²) in [5.41, 5.74) is 0.878. The molecule has 0 saturated carbocycles. The number of aliphatic hydroxyl groups is 1. The Hall–Kier alpha value is -1.55. The summed E-state index contributed by atoms with van der Waals surface area (Å²) in [6, 6.07) is 7.22. The molecule has 1 rings (SSSR count). The molecule has 0 fully saturated rings. The number of rotatable bonds is 6. The van der Waals surface area contributed by atoms with Gasteiger partial charge in [-0.15, -0.1) is 0 Å². The van der Waals surface area contributed by atoms with Gasteiger partial charge in [0.25, 0.3) is 0 Å². The van der Waals surface area contributed by atoms with E-state index in [0.29, 0.717) is 12.2 Å². The van der Waals surface area contributed by atoms with Crippen LogP contribution in [0.3, 0.4) is 0 Å². The maximum atomic E-state index is 11.7. The third kappa shape index (κ3) is 6.06. The van der Waals surface area contributed by atoms with Crippen LogP contribution < -0.4 is 10.1 Å². The van der Waals surface area contributed by atoms with Gasteiger partial charge in [0.2, 0.25) is 5.91 Å². The minimum Gasteiger partial charge on any atom is -0.497 e. The minimum atomic E-state index is -0.719. The van der Waals surface area contributed by atoms with E-state index in [-0.39, 0.29) is 17.9 Å². The highest BCUT2D eigenvalue weighted by atomic mass is 16.5. The molecule has 112 valence electrons. The number of carbonyl (C=O) groups is 1. The Labute approximate surface area is 121 Å². The first-order valence-electron chi connectivity index (χ1n) is 6.90. The molecule has 4 heteroatoms. The van der Waals surface area contributed by atoms with Crippen molar-refractivity contribution in [3.05, 3.63) is 29.8 Å². The van der Waals surface area contributed by atoms with Crippen LogP contribution in [0, 0.1) is 5.41 Å². The van der Waals surface area contributed by atoms with E-state index < -0.39 is 6.10 Å². The second kappa shape index (κ2) is 7.29. The molecule has 4 nitrogen and oxygen atoms in total. The van der Waals surface area contributed by atoms with Crippen LogP contribution >= 0.6 is 0 Å². The van der Waals surface area contributed by atoms with Crippen molar-refractivity contribution in [2.45, 2.75) is 39.7 Å². The van der Waals surface area contributed by atoms with Crippen LogP contribution in [0.25, 0.3) is 0 Å². The first kappa shape index (κ1) is 16.5. The number of amides is 1. The molecule has 1 unspecified atom stereocenters. The van der Waals surface area contributed by atoms with Crippen LogP contribution in [0.5, 0.6) is 5.75 Å². The third-order valence-electron chi connectivity index (χ3n) is 3.07. The van der Waals surface area contributed by atoms with Gasteiger partial charge >= 0.3 is 0 Å². The molecule has 0 spiro atoms. The van der Waals surface area contributed by atoms with E-state index in [0.717, 1.165) is 12.0 Å². The van der Waals surface area contributed by atoms with Gasteiger partial charge in [0, 0.05) is 13.0 Å². The summed E-state index contributed by atoms with van der Waals surface area (Å²) >= 11 is 0. The zero-order chi connectivity index (χ0) is 15.2. The van der Waals surface area contributed by atoms with Crippen LogP contribution in [-0.4, -0.2) is 24.7 Å². The molecular weight excluding hydrogens is 254 g/mol. The quantitative estimate of drug-likeness (QED) is 0.841. The highest BCUT2D eigenvalue weighted by molar-refractivity contribution is 5.75. The summed E-state index contributed by atoms with van der Waals surface area (Å²) in [5, 5.41) is 12.8. The maximum Gasteiger partial charge on any atom is 0.220 e. The lowest BCUT2D eigenvalue weighted by atomic mass is 9.90. The second-order valence-electron chi connectivity index (χ2n) is 6.16. The predicted molar refractivity (Wildman–Crippen MR) is 79.7 cm³/mol. The first-order valence-corrected chi connectivity index (χ1v) is 6.90. The molecule has 0 aliphatic rings. The van der Waals surface area contributed by atoms with Crippen molar-refractivity contribution in [2.75, 3.05) is 13.7 Å². The SMILES string of the molecule is COc1cccc(C(O)CNC(=O)CCC(C)(C)C)c1. The lowest BCUT2D eigenvalue weighted by Gasteiger charge is -2.18. The molecule has 0 aromatic heterocycles. The Kier molecular flexibility index (Phi) is 6.02. The van der Waals surface area contributed by atoms with Crippen LogP contribution in [0.4, 0.5) is 0 Å². The molecule has 1 aromatic carbocycles. The Morgan fingerprint density at radius 2 is 2.10 bits per heavy atom. The normalized spacial score (nSPS) is 12.8. The van der Waals surface area contributed by atoms with Crippen molar-refractivity contribution >= 4 is 5.91 Å². The topological polar surface area (TPSA) is 58.6 Å². The van der Waals surface area contributed by atoms with Gasteiger partial charge in [-0.1, -0.05) is 32.9 Å². The highest BCUT2D eigenvalue weighted by Gasteiger charge is 2.14. The van der Waals surface area contributed by atoms with Crippen molar-refractivity contribution in [3.63, 3.8) is 0 Å². The standard InChI is InChI=1S/C16H25NO3/c1-16(2,3)9-8-15(19)17-11-14(18)12-6-5-7-13(10-12)20-4/h5-7,10,14,18H,8-9,11H2,1-4H3,(H,17,19). The van der Waals surface area contributed by atoms with Gasteiger partial charge in [0.05, 0.1) is 13.2 Å². The van der Waals surface area contributed by atoms with Gasteiger partial charge < -0.3 is 15.2 Å². The monoisotopic (exact) mass is 279 g/mol. The van der Waals surface area contributed by atoms with E-state index in [9.17, 15) is 9.90 Å². The van der Waals surface area contributed by atoms with Gasteiger partial charge in [-0.2, -0.15) is 0 Å². The van der Waals surface area contributed by atoms with Crippen molar-refractivity contribution in [3.8, 4) is 5.75 Å². The van der Waals surface area contributed by atoms with Gasteiger partial charge in [-0.25, -0.2) is 0 Å². The molecule has 1 aromatic rings. The number of hydrogen-bond acceptors (Lipinski definition) is 3. The molecule has 0 heterocycles. The Morgan fingerprint density at radius 3 is 2.70 bits per heavy atom. The fourth-order valence-corrected chi connectivity index (χ4v) is 1.75. The average Bonchev–Trinajstić information content (AvgIpc) is 2.41. The van der Waals surface area contributed by atoms with Crippen LogP contribution in [0.2, 0.25) is 0 Å². The van der Waals surface area contributed by atoms with E-state index in [4.69, 9.17) is 4.74 Å². The van der Waals surface area contributed by atoms with Crippen LogP contribution in [0.15, 0.2) is 24.3 Å². The molecule has 20 heavy (non-hydrogen) atoms. The summed E-state index contributed by atoms with van der Waals surface area (Å²) in [6.45, 7) is 6.53. The summed E-state index contributed by atoms with van der Waals surface area (Å²) in [6.07, 6.45) is 0.589. The number of nitrogens with one attached hydrogen (secondary N) is 1. The molecule has 0 radical (unpaired) electrons. The van der Waals surface area contributed by atoms with Gasteiger partial charge in [0.1, 0.15) is 5.75 Å². The highest BCUT2D eigenvalue weighted by Crippen LogP contribution is 2.21. The number of aliphatic hydroxyl groups excluding tert-OH is 1. The summed E-state index contributed by atoms with van der Waals surface area (Å²) in [4.78, 5) is 11.7. The molecular formula is C16H25NO3. The largest absolute Gasteiger partial charge is 0.497 e. The fourth-order valence-electron chi connectivity index (χ4n) is 1.75. The summed E-state index contributed by atoms with van der Waals surface area (Å²) < 4.78 is 5.11. The summed E-state index contributed by atoms with van der Waals surface area (Å²) in [5.74, 6) is 0.669. The van der Waals surface area contributed by atoms with E-state index in [1.54, 1.807) is 13.2 Å². The van der Waals surface area contributed by atoms with Crippen LogP contribution in [0.1, 0.15) is 45.3 Å². The molecule has 1 amide bonds. The maximum absolute atomic E-state index is 11.7. The molecule has 0 saturated heterocycles. The van der Waals surface area contributed by atoms with Crippen molar-refractivity contribution in [1.82, 2.24) is 5.32 Å². The van der Waals surface area contributed by atoms with E-state index >= 15 is 0 Å². The first-order chi connectivity index (χ1) is 9.31. The third-order valence-corrected chi connectivity index (χ3v) is 3.07. The van der Waals surface area contributed by atoms with Crippen molar-refractivity contribution in [1.29, 1.82) is 0 Å². The van der Waals surface area contributed by atoms with E-state index in [2.05, 4.69) is 26.1 Å². The van der Waals surface area contributed by atoms with Gasteiger partial charge in [0.15, 0.2) is 0 Å². The van der Waals surface area contributed by atoms with E-state index in [1.165, 1.54) is 0 Å². The fraction of sp³-hybridized carbons (Fsp3) is 0.562. The lowest BCUT2D eigenvalue weighted by molar-refractivity contribution is -0.122. The number of hydrogen-bond donors (Lipinski definition) is 2. The van der Waals surface area contributed by atoms with Crippen molar-refractivity contribution < 1.29 is 14.6 Å². The second-order valence-corrected chi connectivity index (χ2v) is 6.16. The zero-order valence-corrected chi connectivity index (χ0v) is 12.8. The average molecular weight is 279 g/mol. The summed E-state index contributed by atoms with van der Waals surface area (Å²) in [7, 11) is 1.58. The molecule has 0 aliphatic heterocycles. The number of benzene rings is 1. The Bertz CT molecular complexity index is 438. The lowest BCUT2D eigenvalue weighted by Crippen LogP contribution is -2.29. The molecule has 0 aliphatic carbocycles. The van der Waals surface area contributed by atoms with Gasteiger partial charge in [-0.05, 0) is 29.5 Å². The number of carbonyl (C=O) groups excluding carboxylic acids is 1. The number of methoxy groups -OCH3 is 1.